The van der Waals surface area contributed by atoms with E-state index in [1.807, 2.05) is 20.0 Å². The third-order valence-electron chi connectivity index (χ3n) is 2.18. The van der Waals surface area contributed by atoms with Crippen molar-refractivity contribution in [1.29, 1.82) is 0 Å². The zero-order chi connectivity index (χ0) is 10.8. The summed E-state index contributed by atoms with van der Waals surface area (Å²) in [4.78, 5) is 10.0. The summed E-state index contributed by atoms with van der Waals surface area (Å²) >= 11 is 1.68. The minimum atomic E-state index is 0.812. The van der Waals surface area contributed by atoms with Gasteiger partial charge in [0.1, 0.15) is 5.82 Å². The third kappa shape index (κ3) is 1.99. The van der Waals surface area contributed by atoms with Crippen molar-refractivity contribution in [3.63, 3.8) is 0 Å². The second-order valence-corrected chi connectivity index (χ2v) is 4.32. The molecule has 0 aliphatic heterocycles. The highest BCUT2D eigenvalue weighted by atomic mass is 32.1. The number of anilines is 1. The molecule has 2 aromatic heterocycles. The first-order chi connectivity index (χ1) is 7.20. The van der Waals surface area contributed by atoms with E-state index >= 15 is 0 Å². The van der Waals surface area contributed by atoms with Crippen LogP contribution in [0.2, 0.25) is 0 Å². The molecule has 0 saturated heterocycles. The van der Waals surface area contributed by atoms with E-state index in [4.69, 9.17) is 0 Å². The molecule has 2 heterocycles. The second-order valence-electron chi connectivity index (χ2n) is 3.40. The second kappa shape index (κ2) is 3.98. The minimum Gasteiger partial charge on any atom is -0.373 e. The molecular formula is C11H13N3S. The number of nitrogens with zero attached hydrogens (tertiary/aromatic N) is 2. The van der Waals surface area contributed by atoms with Crippen molar-refractivity contribution >= 4 is 17.2 Å². The summed E-state index contributed by atoms with van der Waals surface area (Å²) in [6, 6.07) is 4.02. The monoisotopic (exact) mass is 219 g/mol. The molecule has 0 radical (unpaired) electrons. The lowest BCUT2D eigenvalue weighted by Gasteiger charge is -2.04. The van der Waals surface area contributed by atoms with Crippen LogP contribution in [0.5, 0.6) is 0 Å². The molecule has 0 aromatic carbocycles. The summed E-state index contributed by atoms with van der Waals surface area (Å²) in [5.74, 6) is 1.68. The maximum absolute atomic E-state index is 4.44. The molecule has 0 amide bonds. The van der Waals surface area contributed by atoms with Gasteiger partial charge in [0.25, 0.3) is 0 Å². The standard InChI is InChI=1S/C11H13N3S/c1-7-4-5-15-10(7)11-13-8(2)6-9(12-3)14-11/h4-6H,1-3H3,(H,12,13,14). The van der Waals surface area contributed by atoms with Crippen LogP contribution in [0, 0.1) is 13.8 Å². The molecule has 0 atom stereocenters. The highest BCUT2D eigenvalue weighted by Gasteiger charge is 2.08. The normalized spacial score (nSPS) is 10.3. The van der Waals surface area contributed by atoms with Gasteiger partial charge in [0, 0.05) is 18.8 Å². The molecule has 4 heteroatoms. The highest BCUT2D eigenvalue weighted by Crippen LogP contribution is 2.26. The summed E-state index contributed by atoms with van der Waals surface area (Å²) in [7, 11) is 1.87. The number of hydrogen-bond donors (Lipinski definition) is 1. The van der Waals surface area contributed by atoms with Gasteiger partial charge in [-0.25, -0.2) is 9.97 Å². The number of hydrogen-bond acceptors (Lipinski definition) is 4. The predicted octanol–water partition coefficient (Wildman–Crippen LogP) is 2.86. The summed E-state index contributed by atoms with van der Waals surface area (Å²) < 4.78 is 0. The summed E-state index contributed by atoms with van der Waals surface area (Å²) in [5, 5.41) is 5.11. The first kappa shape index (κ1) is 10.1. The summed E-state index contributed by atoms with van der Waals surface area (Å²) in [5.41, 5.74) is 2.21. The van der Waals surface area contributed by atoms with Crippen LogP contribution in [0.15, 0.2) is 17.5 Å². The van der Waals surface area contributed by atoms with Crippen molar-refractivity contribution in [1.82, 2.24) is 9.97 Å². The SMILES string of the molecule is CNc1cc(C)nc(-c2sccc2C)n1. The Bertz CT molecular complexity index is 476. The topological polar surface area (TPSA) is 37.8 Å². The fourth-order valence-electron chi connectivity index (χ4n) is 1.40. The Morgan fingerprint density at radius 3 is 2.67 bits per heavy atom. The molecular weight excluding hydrogens is 206 g/mol. The Balaban J connectivity index is 2.53. The van der Waals surface area contributed by atoms with Crippen LogP contribution in [-0.2, 0) is 0 Å². The van der Waals surface area contributed by atoms with E-state index in [1.165, 1.54) is 5.56 Å². The van der Waals surface area contributed by atoms with Gasteiger partial charge in [-0.1, -0.05) is 0 Å². The molecule has 0 unspecified atom stereocenters. The molecule has 3 nitrogen and oxygen atoms in total. The van der Waals surface area contributed by atoms with Crippen molar-refractivity contribution in [3.8, 4) is 10.7 Å². The highest BCUT2D eigenvalue weighted by molar-refractivity contribution is 7.13. The van der Waals surface area contributed by atoms with Crippen molar-refractivity contribution in [2.75, 3.05) is 12.4 Å². The van der Waals surface area contributed by atoms with Crippen LogP contribution in [0.4, 0.5) is 5.82 Å². The first-order valence-electron chi connectivity index (χ1n) is 4.78. The number of nitrogens with one attached hydrogen (secondary N) is 1. The van der Waals surface area contributed by atoms with Gasteiger partial charge in [0.05, 0.1) is 4.88 Å². The summed E-state index contributed by atoms with van der Waals surface area (Å²) in [6.07, 6.45) is 0. The quantitative estimate of drug-likeness (QED) is 0.844. The Kier molecular flexibility index (Phi) is 2.68. The van der Waals surface area contributed by atoms with Crippen molar-refractivity contribution in [3.05, 3.63) is 28.8 Å². The minimum absolute atomic E-state index is 0.812. The third-order valence-corrected chi connectivity index (χ3v) is 3.19. The van der Waals surface area contributed by atoms with Crippen LogP contribution in [0.3, 0.4) is 0 Å². The lowest BCUT2D eigenvalue weighted by molar-refractivity contribution is 1.11. The molecule has 0 fully saturated rings. The number of aromatic nitrogens is 2. The molecule has 0 spiro atoms. The maximum atomic E-state index is 4.44. The molecule has 2 rings (SSSR count). The zero-order valence-corrected chi connectivity index (χ0v) is 9.85. The van der Waals surface area contributed by atoms with Crippen LogP contribution >= 0.6 is 11.3 Å². The molecule has 2 aromatic rings. The zero-order valence-electron chi connectivity index (χ0n) is 9.03. The Morgan fingerprint density at radius 1 is 1.27 bits per heavy atom. The van der Waals surface area contributed by atoms with E-state index < -0.39 is 0 Å². The number of thiophene rings is 1. The van der Waals surface area contributed by atoms with Crippen LogP contribution < -0.4 is 5.32 Å². The lowest BCUT2D eigenvalue weighted by Crippen LogP contribution is -1.98. The van der Waals surface area contributed by atoms with Crippen LogP contribution in [-0.4, -0.2) is 17.0 Å². The molecule has 1 N–H and O–H groups in total. The van der Waals surface area contributed by atoms with Gasteiger partial charge in [-0.15, -0.1) is 11.3 Å². The van der Waals surface area contributed by atoms with E-state index in [1.54, 1.807) is 11.3 Å². The lowest BCUT2D eigenvalue weighted by atomic mass is 10.3. The number of aryl methyl sites for hydroxylation is 2. The Hall–Kier alpha value is -1.42. The average molecular weight is 219 g/mol. The van der Waals surface area contributed by atoms with Gasteiger partial charge in [-0.3, -0.25) is 0 Å². The van der Waals surface area contributed by atoms with Gasteiger partial charge in [-0.05, 0) is 30.9 Å². The predicted molar refractivity (Wildman–Crippen MR) is 64.4 cm³/mol. The van der Waals surface area contributed by atoms with Gasteiger partial charge in [0.2, 0.25) is 0 Å². The van der Waals surface area contributed by atoms with E-state index in [2.05, 4.69) is 33.7 Å². The molecule has 0 aliphatic carbocycles. The van der Waals surface area contributed by atoms with Gasteiger partial charge in [-0.2, -0.15) is 0 Å². The van der Waals surface area contributed by atoms with Crippen molar-refractivity contribution < 1.29 is 0 Å². The molecule has 78 valence electrons. The molecule has 0 saturated carbocycles. The average Bonchev–Trinajstić information content (AvgIpc) is 2.63. The van der Waals surface area contributed by atoms with Gasteiger partial charge >= 0.3 is 0 Å². The molecule has 0 bridgehead atoms. The van der Waals surface area contributed by atoms with E-state index in [9.17, 15) is 0 Å². The van der Waals surface area contributed by atoms with Gasteiger partial charge in [0.15, 0.2) is 5.82 Å². The fraction of sp³-hybridized carbons (Fsp3) is 0.273. The summed E-state index contributed by atoms with van der Waals surface area (Å²) in [6.45, 7) is 4.06. The van der Waals surface area contributed by atoms with Crippen LogP contribution in [0.25, 0.3) is 10.7 Å². The Labute approximate surface area is 93.2 Å². The fourth-order valence-corrected chi connectivity index (χ4v) is 2.26. The van der Waals surface area contributed by atoms with Crippen LogP contribution in [0.1, 0.15) is 11.3 Å². The van der Waals surface area contributed by atoms with Gasteiger partial charge < -0.3 is 5.32 Å². The first-order valence-corrected chi connectivity index (χ1v) is 5.66. The molecule has 15 heavy (non-hydrogen) atoms. The number of rotatable bonds is 2. The smallest absolute Gasteiger partial charge is 0.172 e. The molecule has 0 aliphatic rings. The van der Waals surface area contributed by atoms with E-state index in [0.29, 0.717) is 0 Å². The Morgan fingerprint density at radius 2 is 2.07 bits per heavy atom. The van der Waals surface area contributed by atoms with Crippen molar-refractivity contribution in [2.24, 2.45) is 0 Å². The van der Waals surface area contributed by atoms with E-state index in [0.717, 1.165) is 22.2 Å². The van der Waals surface area contributed by atoms with Crippen molar-refractivity contribution in [2.45, 2.75) is 13.8 Å². The largest absolute Gasteiger partial charge is 0.373 e. The van der Waals surface area contributed by atoms with E-state index in [-0.39, 0.29) is 0 Å². The maximum Gasteiger partial charge on any atom is 0.172 e.